The number of rotatable bonds is 4. The van der Waals surface area contributed by atoms with Crippen LogP contribution in [-0.4, -0.2) is 36.7 Å². The van der Waals surface area contributed by atoms with Crippen LogP contribution in [0.15, 0.2) is 34.4 Å². The fourth-order valence-electron chi connectivity index (χ4n) is 3.34. The van der Waals surface area contributed by atoms with Gasteiger partial charge >= 0.3 is 0 Å². The highest BCUT2D eigenvalue weighted by Gasteiger charge is 2.22. The van der Waals surface area contributed by atoms with Gasteiger partial charge in [-0.3, -0.25) is 4.79 Å². The molecule has 3 aromatic rings. The average molecular weight is 422 g/mol. The van der Waals surface area contributed by atoms with E-state index in [0.29, 0.717) is 37.9 Å². The van der Waals surface area contributed by atoms with Gasteiger partial charge in [0.2, 0.25) is 5.91 Å². The van der Waals surface area contributed by atoms with Gasteiger partial charge < -0.3 is 9.84 Å². The lowest BCUT2D eigenvalue weighted by Crippen LogP contribution is -2.22. The van der Waals surface area contributed by atoms with Gasteiger partial charge in [-0.1, -0.05) is 32.9 Å². The number of hydrogen-bond donors (Lipinski definition) is 1. The molecule has 0 bridgehead atoms. The van der Waals surface area contributed by atoms with Crippen LogP contribution in [0.3, 0.4) is 0 Å². The van der Waals surface area contributed by atoms with E-state index >= 15 is 0 Å². The molecule has 0 spiro atoms. The Morgan fingerprint density at radius 1 is 1.03 bits per heavy atom. The summed E-state index contributed by atoms with van der Waals surface area (Å²) >= 11 is 0. The number of carbonyl (C=O) groups excluding carboxylic acids is 1. The number of carbonyl (C=O) groups is 1. The van der Waals surface area contributed by atoms with Crippen LogP contribution in [0.2, 0.25) is 0 Å². The number of aryl methyl sites for hydroxylation is 2. The SMILES string of the molecule is CC.CC.O=C1CCc2c(CCc3cc(C4=Nc5cncnc5C4)no3)ncnc2N1. The number of aromatic nitrogens is 5. The largest absolute Gasteiger partial charge is 0.361 e. The molecule has 31 heavy (non-hydrogen) atoms. The molecule has 0 radical (unpaired) electrons. The van der Waals surface area contributed by atoms with E-state index in [0.717, 1.165) is 39.8 Å². The van der Waals surface area contributed by atoms with Crippen molar-refractivity contribution in [2.24, 2.45) is 4.99 Å². The smallest absolute Gasteiger partial charge is 0.225 e. The Bertz CT molecular complexity index is 1080. The van der Waals surface area contributed by atoms with E-state index in [4.69, 9.17) is 4.52 Å². The van der Waals surface area contributed by atoms with E-state index in [1.165, 1.54) is 12.7 Å². The van der Waals surface area contributed by atoms with Gasteiger partial charge in [0.1, 0.15) is 35.6 Å². The van der Waals surface area contributed by atoms with Gasteiger partial charge in [-0.25, -0.2) is 24.9 Å². The topological polar surface area (TPSA) is 119 Å². The number of amides is 1. The summed E-state index contributed by atoms with van der Waals surface area (Å²) in [5.41, 5.74) is 5.18. The zero-order valence-corrected chi connectivity index (χ0v) is 18.3. The third kappa shape index (κ3) is 4.99. The molecule has 162 valence electrons. The normalized spacial score (nSPS) is 13.5. The van der Waals surface area contributed by atoms with Crippen molar-refractivity contribution in [3.05, 3.63) is 53.3 Å². The van der Waals surface area contributed by atoms with E-state index in [1.807, 2.05) is 33.8 Å². The summed E-state index contributed by atoms with van der Waals surface area (Å²) in [7, 11) is 0. The Morgan fingerprint density at radius 3 is 2.68 bits per heavy atom. The second-order valence-corrected chi connectivity index (χ2v) is 6.46. The number of anilines is 1. The molecule has 5 heterocycles. The Balaban J connectivity index is 0.000000645. The van der Waals surface area contributed by atoms with Gasteiger partial charge in [-0.15, -0.1) is 0 Å². The molecule has 0 unspecified atom stereocenters. The lowest BCUT2D eigenvalue weighted by Gasteiger charge is -2.17. The van der Waals surface area contributed by atoms with Crippen LogP contribution >= 0.6 is 0 Å². The molecule has 0 fully saturated rings. The minimum Gasteiger partial charge on any atom is -0.361 e. The summed E-state index contributed by atoms with van der Waals surface area (Å²) in [5.74, 6) is 1.38. The van der Waals surface area contributed by atoms with Crippen LogP contribution in [0.4, 0.5) is 11.5 Å². The number of hydrogen-bond acceptors (Lipinski definition) is 8. The van der Waals surface area contributed by atoms with Crippen LogP contribution in [0.25, 0.3) is 0 Å². The maximum absolute atomic E-state index is 11.5. The Morgan fingerprint density at radius 2 is 1.87 bits per heavy atom. The first kappa shape index (κ1) is 22.2. The molecular formula is C22H27N7O2. The van der Waals surface area contributed by atoms with Gasteiger partial charge in [0, 0.05) is 36.6 Å². The molecule has 2 aliphatic rings. The van der Waals surface area contributed by atoms with E-state index in [1.54, 1.807) is 6.20 Å². The summed E-state index contributed by atoms with van der Waals surface area (Å²) in [6.45, 7) is 8.00. The second-order valence-electron chi connectivity index (χ2n) is 6.46. The maximum Gasteiger partial charge on any atom is 0.225 e. The third-order valence-electron chi connectivity index (χ3n) is 4.72. The first-order valence-electron chi connectivity index (χ1n) is 10.7. The molecule has 1 N–H and O–H groups in total. The lowest BCUT2D eigenvalue weighted by atomic mass is 10.0. The van der Waals surface area contributed by atoms with Gasteiger partial charge in [0.05, 0.1) is 17.6 Å². The average Bonchev–Trinajstić information content (AvgIpc) is 3.47. The number of aliphatic imine (C=N–C) groups is 1. The molecule has 0 saturated heterocycles. The van der Waals surface area contributed by atoms with Crippen LogP contribution < -0.4 is 5.32 Å². The maximum atomic E-state index is 11.5. The molecule has 0 atom stereocenters. The zero-order valence-electron chi connectivity index (χ0n) is 18.3. The van der Waals surface area contributed by atoms with Crippen molar-refractivity contribution in [2.75, 3.05) is 5.32 Å². The van der Waals surface area contributed by atoms with Crippen molar-refractivity contribution in [2.45, 2.75) is 59.8 Å². The highest BCUT2D eigenvalue weighted by atomic mass is 16.5. The fourth-order valence-corrected chi connectivity index (χ4v) is 3.34. The highest BCUT2D eigenvalue weighted by molar-refractivity contribution is 6.04. The lowest BCUT2D eigenvalue weighted by molar-refractivity contribution is -0.116. The molecule has 5 rings (SSSR count). The van der Waals surface area contributed by atoms with Crippen molar-refractivity contribution >= 4 is 23.1 Å². The van der Waals surface area contributed by atoms with Gasteiger partial charge in [0.25, 0.3) is 0 Å². The van der Waals surface area contributed by atoms with E-state index in [2.05, 4.69) is 35.4 Å². The summed E-state index contributed by atoms with van der Waals surface area (Å²) in [6.07, 6.45) is 7.81. The molecule has 0 saturated carbocycles. The highest BCUT2D eigenvalue weighted by Crippen LogP contribution is 2.26. The van der Waals surface area contributed by atoms with Crippen molar-refractivity contribution in [3.63, 3.8) is 0 Å². The minimum atomic E-state index is -0.00458. The van der Waals surface area contributed by atoms with Crippen LogP contribution in [0.1, 0.15) is 62.5 Å². The summed E-state index contributed by atoms with van der Waals surface area (Å²) < 4.78 is 5.48. The molecule has 0 aromatic carbocycles. The summed E-state index contributed by atoms with van der Waals surface area (Å²) in [6, 6.07) is 1.91. The van der Waals surface area contributed by atoms with Crippen molar-refractivity contribution in [3.8, 4) is 0 Å². The number of nitrogens with one attached hydrogen (secondary N) is 1. The number of nitrogens with zero attached hydrogens (tertiary/aromatic N) is 6. The Labute approximate surface area is 181 Å². The first-order chi connectivity index (χ1) is 15.3. The van der Waals surface area contributed by atoms with E-state index in [-0.39, 0.29) is 5.91 Å². The summed E-state index contributed by atoms with van der Waals surface area (Å²) in [4.78, 5) is 32.8. The molecular weight excluding hydrogens is 394 g/mol. The predicted octanol–water partition coefficient (Wildman–Crippen LogP) is 3.65. The fraction of sp³-hybridized carbons (Fsp3) is 0.409. The summed E-state index contributed by atoms with van der Waals surface area (Å²) in [5, 5.41) is 6.94. The van der Waals surface area contributed by atoms with Crippen molar-refractivity contribution in [1.29, 1.82) is 0 Å². The van der Waals surface area contributed by atoms with Crippen molar-refractivity contribution in [1.82, 2.24) is 25.1 Å². The third-order valence-corrected chi connectivity index (χ3v) is 4.72. The standard InChI is InChI=1S/C18H15N7O2.2C2H6/c26-17-4-2-11-12(21-9-22-18(11)24-17)3-1-10-5-15(25-27-10)14-6-13-16(23-14)7-19-8-20-13;2*1-2/h5,7-9H,1-4,6H2,(H,21,22,24,26);2*1-2H3. The van der Waals surface area contributed by atoms with Gasteiger partial charge in [-0.05, 0) is 12.8 Å². The van der Waals surface area contributed by atoms with Crippen molar-refractivity contribution < 1.29 is 9.32 Å². The zero-order chi connectivity index (χ0) is 22.2. The monoisotopic (exact) mass is 421 g/mol. The predicted molar refractivity (Wildman–Crippen MR) is 118 cm³/mol. The second kappa shape index (κ2) is 10.5. The van der Waals surface area contributed by atoms with Crippen LogP contribution in [-0.2, 0) is 30.5 Å². The molecule has 2 aliphatic heterocycles. The van der Waals surface area contributed by atoms with E-state index < -0.39 is 0 Å². The minimum absolute atomic E-state index is 0.00458. The van der Waals surface area contributed by atoms with Crippen LogP contribution in [0.5, 0.6) is 0 Å². The van der Waals surface area contributed by atoms with Gasteiger partial charge in [-0.2, -0.15) is 0 Å². The quantitative estimate of drug-likeness (QED) is 0.683. The Kier molecular flexibility index (Phi) is 7.53. The van der Waals surface area contributed by atoms with E-state index in [9.17, 15) is 4.79 Å². The molecule has 1 amide bonds. The molecule has 3 aromatic heterocycles. The van der Waals surface area contributed by atoms with Crippen LogP contribution in [0, 0.1) is 0 Å². The molecule has 9 nitrogen and oxygen atoms in total. The number of fused-ring (bicyclic) bond motifs is 2. The Hall–Kier alpha value is -3.49. The molecule has 9 heteroatoms. The van der Waals surface area contributed by atoms with Gasteiger partial charge in [0.15, 0.2) is 0 Å². The first-order valence-corrected chi connectivity index (χ1v) is 10.7. The molecule has 0 aliphatic carbocycles.